The van der Waals surface area contributed by atoms with Gasteiger partial charge in [-0.1, -0.05) is 54.1 Å². The number of hydrogen-bond donors (Lipinski definition) is 0. The molecule has 0 saturated heterocycles. The SMILES string of the molecule is Cc1cccc(-c2nc(SCc3ccccc3)c3c(=O)n(C)c(=O)n(C)c3n2)c1. The van der Waals surface area contributed by atoms with Crippen molar-refractivity contribution in [1.82, 2.24) is 19.1 Å². The summed E-state index contributed by atoms with van der Waals surface area (Å²) in [6, 6.07) is 17.9. The van der Waals surface area contributed by atoms with Gasteiger partial charge >= 0.3 is 5.69 Å². The average molecular weight is 404 g/mol. The molecule has 0 fully saturated rings. The molecular formula is C22H20N4O2S. The molecule has 2 aromatic carbocycles. The Bertz CT molecular complexity index is 1330. The van der Waals surface area contributed by atoms with E-state index in [0.29, 0.717) is 27.6 Å². The fourth-order valence-electron chi connectivity index (χ4n) is 3.17. The van der Waals surface area contributed by atoms with Crippen LogP contribution in [0.3, 0.4) is 0 Å². The molecule has 0 atom stereocenters. The minimum absolute atomic E-state index is 0.347. The molecule has 0 bridgehead atoms. The van der Waals surface area contributed by atoms with Crippen molar-refractivity contribution in [2.75, 3.05) is 0 Å². The van der Waals surface area contributed by atoms with E-state index >= 15 is 0 Å². The van der Waals surface area contributed by atoms with Crippen molar-refractivity contribution in [3.8, 4) is 11.4 Å². The van der Waals surface area contributed by atoms with E-state index in [4.69, 9.17) is 4.98 Å². The highest BCUT2D eigenvalue weighted by atomic mass is 32.2. The molecule has 146 valence electrons. The Kier molecular flexibility index (Phi) is 5.07. The number of rotatable bonds is 4. The lowest BCUT2D eigenvalue weighted by atomic mass is 10.1. The molecule has 7 heteroatoms. The van der Waals surface area contributed by atoms with Crippen LogP contribution in [0.25, 0.3) is 22.4 Å². The van der Waals surface area contributed by atoms with E-state index in [1.807, 2.05) is 61.5 Å². The normalized spacial score (nSPS) is 11.1. The first kappa shape index (κ1) is 19.1. The van der Waals surface area contributed by atoms with Gasteiger partial charge in [0.25, 0.3) is 5.56 Å². The van der Waals surface area contributed by atoms with Gasteiger partial charge in [-0.15, -0.1) is 11.8 Å². The molecule has 2 aromatic heterocycles. The Labute approximate surface area is 171 Å². The molecule has 0 radical (unpaired) electrons. The zero-order valence-corrected chi connectivity index (χ0v) is 17.2. The lowest BCUT2D eigenvalue weighted by Gasteiger charge is -2.12. The molecule has 0 saturated carbocycles. The maximum atomic E-state index is 12.9. The van der Waals surface area contributed by atoms with Crippen LogP contribution in [0.5, 0.6) is 0 Å². The van der Waals surface area contributed by atoms with Gasteiger partial charge in [0.05, 0.1) is 0 Å². The van der Waals surface area contributed by atoms with Crippen molar-refractivity contribution in [3.05, 3.63) is 86.6 Å². The van der Waals surface area contributed by atoms with Gasteiger partial charge < -0.3 is 0 Å². The number of fused-ring (bicyclic) bond motifs is 1. The summed E-state index contributed by atoms with van der Waals surface area (Å²) in [5.41, 5.74) is 2.62. The smallest absolute Gasteiger partial charge is 0.280 e. The van der Waals surface area contributed by atoms with E-state index in [-0.39, 0.29) is 5.56 Å². The van der Waals surface area contributed by atoms with Crippen molar-refractivity contribution in [2.24, 2.45) is 14.1 Å². The Balaban J connectivity index is 1.95. The number of aromatic nitrogens is 4. The molecule has 4 rings (SSSR count). The standard InChI is InChI=1S/C22H20N4O2S/c1-14-8-7-11-16(12-14)18-23-19-17(21(27)26(3)22(28)25(19)2)20(24-18)29-13-15-9-5-4-6-10-15/h4-12H,13H2,1-3H3. The number of thioether (sulfide) groups is 1. The van der Waals surface area contributed by atoms with E-state index in [2.05, 4.69) is 4.98 Å². The Morgan fingerprint density at radius 3 is 2.41 bits per heavy atom. The first-order chi connectivity index (χ1) is 14.0. The predicted octanol–water partition coefficient (Wildman–Crippen LogP) is 3.29. The second-order valence-electron chi connectivity index (χ2n) is 6.90. The van der Waals surface area contributed by atoms with Gasteiger partial charge in [0.1, 0.15) is 10.4 Å². The van der Waals surface area contributed by atoms with Gasteiger partial charge in [0.15, 0.2) is 11.5 Å². The summed E-state index contributed by atoms with van der Waals surface area (Å²) < 4.78 is 2.51. The van der Waals surface area contributed by atoms with Crippen LogP contribution in [0.15, 0.2) is 69.2 Å². The zero-order valence-electron chi connectivity index (χ0n) is 16.4. The largest absolute Gasteiger partial charge is 0.332 e. The van der Waals surface area contributed by atoms with Crippen molar-refractivity contribution < 1.29 is 0 Å². The van der Waals surface area contributed by atoms with E-state index in [0.717, 1.165) is 21.3 Å². The zero-order chi connectivity index (χ0) is 20.5. The van der Waals surface area contributed by atoms with Crippen LogP contribution in [0, 0.1) is 6.92 Å². The first-order valence-corrected chi connectivity index (χ1v) is 10.2. The van der Waals surface area contributed by atoms with Gasteiger partial charge in [-0.3, -0.25) is 13.9 Å². The topological polar surface area (TPSA) is 69.8 Å². The molecule has 6 nitrogen and oxygen atoms in total. The summed E-state index contributed by atoms with van der Waals surface area (Å²) in [5.74, 6) is 1.16. The minimum Gasteiger partial charge on any atom is -0.280 e. The van der Waals surface area contributed by atoms with Crippen LogP contribution in [-0.4, -0.2) is 19.1 Å². The highest BCUT2D eigenvalue weighted by molar-refractivity contribution is 7.98. The molecule has 2 heterocycles. The van der Waals surface area contributed by atoms with Crippen LogP contribution >= 0.6 is 11.8 Å². The Morgan fingerprint density at radius 1 is 0.931 bits per heavy atom. The van der Waals surface area contributed by atoms with Gasteiger partial charge in [-0.05, 0) is 18.6 Å². The second-order valence-corrected chi connectivity index (χ2v) is 7.86. The first-order valence-electron chi connectivity index (χ1n) is 9.17. The van der Waals surface area contributed by atoms with Crippen molar-refractivity contribution in [1.29, 1.82) is 0 Å². The highest BCUT2D eigenvalue weighted by Crippen LogP contribution is 2.28. The molecule has 0 aliphatic carbocycles. The molecule has 4 aromatic rings. The molecule has 0 aliphatic rings. The summed E-state index contributed by atoms with van der Waals surface area (Å²) in [6.07, 6.45) is 0. The van der Waals surface area contributed by atoms with E-state index in [9.17, 15) is 9.59 Å². The lowest BCUT2D eigenvalue weighted by molar-refractivity contribution is 0.703. The minimum atomic E-state index is -0.407. The molecule has 0 spiro atoms. The molecule has 0 unspecified atom stereocenters. The highest BCUT2D eigenvalue weighted by Gasteiger charge is 2.18. The van der Waals surface area contributed by atoms with Crippen LogP contribution in [0.2, 0.25) is 0 Å². The van der Waals surface area contributed by atoms with Crippen molar-refractivity contribution in [3.63, 3.8) is 0 Å². The third-order valence-corrected chi connectivity index (χ3v) is 5.81. The van der Waals surface area contributed by atoms with Crippen LogP contribution in [-0.2, 0) is 19.8 Å². The third-order valence-electron chi connectivity index (χ3n) is 4.76. The summed E-state index contributed by atoms with van der Waals surface area (Å²) >= 11 is 1.47. The summed E-state index contributed by atoms with van der Waals surface area (Å²) in [5, 5.41) is 0.943. The summed E-state index contributed by atoms with van der Waals surface area (Å²) in [4.78, 5) is 34.7. The molecule has 0 N–H and O–H groups in total. The van der Waals surface area contributed by atoms with E-state index in [1.54, 1.807) is 7.05 Å². The van der Waals surface area contributed by atoms with Gasteiger partial charge in [0, 0.05) is 25.4 Å². The molecule has 0 amide bonds. The summed E-state index contributed by atoms with van der Waals surface area (Å²) in [6.45, 7) is 2.00. The molecular weight excluding hydrogens is 384 g/mol. The fourth-order valence-corrected chi connectivity index (χ4v) is 4.14. The molecule has 29 heavy (non-hydrogen) atoms. The lowest BCUT2D eigenvalue weighted by Crippen LogP contribution is -2.37. The monoisotopic (exact) mass is 404 g/mol. The van der Waals surface area contributed by atoms with Crippen molar-refractivity contribution >= 4 is 22.8 Å². The Hall–Kier alpha value is -3.19. The quantitative estimate of drug-likeness (QED) is 0.386. The maximum absolute atomic E-state index is 12.9. The van der Waals surface area contributed by atoms with Crippen LogP contribution in [0.4, 0.5) is 0 Å². The Morgan fingerprint density at radius 2 is 1.69 bits per heavy atom. The van der Waals surface area contributed by atoms with Crippen LogP contribution < -0.4 is 11.2 Å². The predicted molar refractivity (Wildman–Crippen MR) is 116 cm³/mol. The molecule has 0 aliphatic heterocycles. The average Bonchev–Trinajstić information content (AvgIpc) is 2.74. The third kappa shape index (κ3) is 3.61. The number of nitrogens with zero attached hydrogens (tertiary/aromatic N) is 4. The van der Waals surface area contributed by atoms with Crippen LogP contribution in [0.1, 0.15) is 11.1 Å². The number of benzene rings is 2. The fraction of sp³-hybridized carbons (Fsp3) is 0.182. The van der Waals surface area contributed by atoms with Gasteiger partial charge in [0.2, 0.25) is 0 Å². The van der Waals surface area contributed by atoms with E-state index in [1.165, 1.54) is 23.4 Å². The summed E-state index contributed by atoms with van der Waals surface area (Å²) in [7, 11) is 3.10. The van der Waals surface area contributed by atoms with Gasteiger partial charge in [-0.25, -0.2) is 14.8 Å². The maximum Gasteiger partial charge on any atom is 0.332 e. The van der Waals surface area contributed by atoms with Crippen molar-refractivity contribution in [2.45, 2.75) is 17.7 Å². The number of hydrogen-bond acceptors (Lipinski definition) is 5. The van der Waals surface area contributed by atoms with Gasteiger partial charge in [-0.2, -0.15) is 0 Å². The second kappa shape index (κ2) is 7.67. The van der Waals surface area contributed by atoms with E-state index < -0.39 is 5.69 Å². The number of aryl methyl sites for hydroxylation is 2.